The maximum atomic E-state index is 12.2. The van der Waals surface area contributed by atoms with Crippen molar-refractivity contribution in [3.8, 4) is 0 Å². The standard InChI is InChI=1S/C15H22N2O2/c1-11-7-5-6-8-13(11)16-15(14(18)19-4)9-12(2)17(3)10-15/h5-8,12,16H,9-10H2,1-4H3. The van der Waals surface area contributed by atoms with Crippen molar-refractivity contribution in [1.82, 2.24) is 4.90 Å². The molecular formula is C15H22N2O2. The predicted octanol–water partition coefficient (Wildman–Crippen LogP) is 2.04. The van der Waals surface area contributed by atoms with E-state index >= 15 is 0 Å². The highest BCUT2D eigenvalue weighted by molar-refractivity contribution is 5.85. The third-order valence-corrected chi connectivity index (χ3v) is 4.01. The van der Waals surface area contributed by atoms with Crippen molar-refractivity contribution in [3.05, 3.63) is 29.8 Å². The van der Waals surface area contributed by atoms with Gasteiger partial charge < -0.3 is 15.0 Å². The lowest BCUT2D eigenvalue weighted by Crippen LogP contribution is -2.49. The minimum absolute atomic E-state index is 0.188. The molecule has 19 heavy (non-hydrogen) atoms. The van der Waals surface area contributed by atoms with Gasteiger partial charge in [0, 0.05) is 18.3 Å². The number of carbonyl (C=O) groups excluding carboxylic acids is 1. The summed E-state index contributed by atoms with van der Waals surface area (Å²) in [7, 11) is 3.49. The number of carbonyl (C=O) groups is 1. The fourth-order valence-corrected chi connectivity index (χ4v) is 2.76. The first-order valence-corrected chi connectivity index (χ1v) is 6.61. The summed E-state index contributed by atoms with van der Waals surface area (Å²) >= 11 is 0. The Morgan fingerprint density at radius 2 is 2.16 bits per heavy atom. The van der Waals surface area contributed by atoms with Crippen LogP contribution in [0.25, 0.3) is 0 Å². The Kier molecular flexibility index (Phi) is 3.80. The molecule has 4 heteroatoms. The molecule has 0 spiro atoms. The van der Waals surface area contributed by atoms with Gasteiger partial charge in [-0.15, -0.1) is 0 Å². The van der Waals surface area contributed by atoms with Gasteiger partial charge in [-0.25, -0.2) is 4.79 Å². The summed E-state index contributed by atoms with van der Waals surface area (Å²) in [4.78, 5) is 14.4. The number of benzene rings is 1. The zero-order chi connectivity index (χ0) is 14.0. The van der Waals surface area contributed by atoms with Gasteiger partial charge in [0.1, 0.15) is 5.54 Å². The highest BCUT2D eigenvalue weighted by atomic mass is 16.5. The van der Waals surface area contributed by atoms with Crippen LogP contribution >= 0.6 is 0 Å². The van der Waals surface area contributed by atoms with E-state index in [0.29, 0.717) is 12.6 Å². The fourth-order valence-electron chi connectivity index (χ4n) is 2.76. The number of anilines is 1. The molecule has 2 unspecified atom stereocenters. The lowest BCUT2D eigenvalue weighted by atomic mass is 9.95. The summed E-state index contributed by atoms with van der Waals surface area (Å²) < 4.78 is 5.02. The zero-order valence-electron chi connectivity index (χ0n) is 12.1. The first kappa shape index (κ1) is 13.9. The maximum Gasteiger partial charge on any atom is 0.332 e. The van der Waals surface area contributed by atoms with E-state index in [9.17, 15) is 4.79 Å². The summed E-state index contributed by atoms with van der Waals surface area (Å²) in [6, 6.07) is 8.37. The molecule has 1 aromatic carbocycles. The molecule has 1 aliphatic rings. The molecule has 0 aliphatic carbocycles. The van der Waals surface area contributed by atoms with Crippen molar-refractivity contribution in [3.63, 3.8) is 0 Å². The first-order chi connectivity index (χ1) is 8.98. The van der Waals surface area contributed by atoms with Gasteiger partial charge in [0.2, 0.25) is 0 Å². The van der Waals surface area contributed by atoms with Crippen LogP contribution in [-0.4, -0.2) is 43.2 Å². The van der Waals surface area contributed by atoms with Crippen molar-refractivity contribution in [2.24, 2.45) is 0 Å². The molecule has 0 bridgehead atoms. The normalized spacial score (nSPS) is 27.3. The third-order valence-electron chi connectivity index (χ3n) is 4.01. The van der Waals surface area contributed by atoms with Gasteiger partial charge in [0.15, 0.2) is 0 Å². The molecule has 1 heterocycles. The SMILES string of the molecule is COC(=O)C1(Nc2ccccc2C)CC(C)N(C)C1. The van der Waals surface area contributed by atoms with Crippen LogP contribution in [-0.2, 0) is 9.53 Å². The molecule has 1 fully saturated rings. The summed E-state index contributed by atoms with van der Waals surface area (Å²) in [5.41, 5.74) is 1.48. The molecule has 1 saturated heterocycles. The largest absolute Gasteiger partial charge is 0.467 e. The van der Waals surface area contributed by atoms with Crippen LogP contribution in [0.1, 0.15) is 18.9 Å². The molecule has 0 amide bonds. The van der Waals surface area contributed by atoms with E-state index in [2.05, 4.69) is 17.1 Å². The highest BCUT2D eigenvalue weighted by Crippen LogP contribution is 2.31. The summed E-state index contributed by atoms with van der Waals surface area (Å²) in [6.45, 7) is 4.83. The Morgan fingerprint density at radius 3 is 2.68 bits per heavy atom. The molecule has 2 rings (SSSR count). The summed E-state index contributed by atoms with van der Waals surface area (Å²) in [6.07, 6.45) is 0.754. The van der Waals surface area contributed by atoms with Crippen molar-refractivity contribution in [2.45, 2.75) is 31.8 Å². The number of likely N-dealkylation sites (N-methyl/N-ethyl adjacent to an activating group) is 1. The summed E-state index contributed by atoms with van der Waals surface area (Å²) in [5.74, 6) is -0.188. The van der Waals surface area contributed by atoms with Gasteiger partial charge in [-0.05, 0) is 38.9 Å². The van der Waals surface area contributed by atoms with Crippen LogP contribution in [0.4, 0.5) is 5.69 Å². The Hall–Kier alpha value is -1.55. The monoisotopic (exact) mass is 262 g/mol. The van der Waals surface area contributed by atoms with E-state index in [0.717, 1.165) is 17.7 Å². The van der Waals surface area contributed by atoms with E-state index in [1.54, 1.807) is 0 Å². The van der Waals surface area contributed by atoms with E-state index in [1.165, 1.54) is 7.11 Å². The van der Waals surface area contributed by atoms with Gasteiger partial charge in [0.05, 0.1) is 7.11 Å². The number of rotatable bonds is 3. The molecule has 0 radical (unpaired) electrons. The van der Waals surface area contributed by atoms with Crippen molar-refractivity contribution < 1.29 is 9.53 Å². The molecular weight excluding hydrogens is 240 g/mol. The number of methoxy groups -OCH3 is 1. The maximum absolute atomic E-state index is 12.2. The number of nitrogens with zero attached hydrogens (tertiary/aromatic N) is 1. The molecule has 1 N–H and O–H groups in total. The quantitative estimate of drug-likeness (QED) is 0.846. The van der Waals surface area contributed by atoms with Gasteiger partial charge in [0.25, 0.3) is 0 Å². The van der Waals surface area contributed by atoms with Gasteiger partial charge in [-0.1, -0.05) is 18.2 Å². The third kappa shape index (κ3) is 2.59. The van der Waals surface area contributed by atoms with E-state index in [-0.39, 0.29) is 5.97 Å². The van der Waals surface area contributed by atoms with Gasteiger partial charge >= 0.3 is 5.97 Å². The number of hydrogen-bond donors (Lipinski definition) is 1. The number of hydrogen-bond acceptors (Lipinski definition) is 4. The molecule has 0 saturated carbocycles. The highest BCUT2D eigenvalue weighted by Gasteiger charge is 2.48. The van der Waals surface area contributed by atoms with E-state index < -0.39 is 5.54 Å². The van der Waals surface area contributed by atoms with Crippen LogP contribution in [0.15, 0.2) is 24.3 Å². The second-order valence-corrected chi connectivity index (χ2v) is 5.48. The van der Waals surface area contributed by atoms with Crippen LogP contribution in [0.5, 0.6) is 0 Å². The van der Waals surface area contributed by atoms with Gasteiger partial charge in [-0.3, -0.25) is 0 Å². The lowest BCUT2D eigenvalue weighted by molar-refractivity contribution is -0.145. The number of nitrogens with one attached hydrogen (secondary N) is 1. The second-order valence-electron chi connectivity index (χ2n) is 5.48. The number of para-hydroxylation sites is 1. The molecule has 1 aromatic rings. The topological polar surface area (TPSA) is 41.6 Å². The average Bonchev–Trinajstić information content (AvgIpc) is 2.68. The molecule has 104 valence electrons. The second kappa shape index (κ2) is 5.21. The van der Waals surface area contributed by atoms with Crippen molar-refractivity contribution in [1.29, 1.82) is 0 Å². The fraction of sp³-hybridized carbons (Fsp3) is 0.533. The minimum atomic E-state index is -0.644. The Bertz CT molecular complexity index is 463. The Morgan fingerprint density at radius 1 is 1.47 bits per heavy atom. The molecule has 4 nitrogen and oxygen atoms in total. The number of ether oxygens (including phenoxy) is 1. The smallest absolute Gasteiger partial charge is 0.332 e. The molecule has 1 aliphatic heterocycles. The Labute approximate surface area is 114 Å². The number of esters is 1. The molecule has 2 atom stereocenters. The lowest BCUT2D eigenvalue weighted by Gasteiger charge is -2.29. The molecule has 0 aromatic heterocycles. The van der Waals surface area contributed by atoms with Crippen molar-refractivity contribution in [2.75, 3.05) is 26.0 Å². The summed E-state index contributed by atoms with van der Waals surface area (Å²) in [5, 5.41) is 3.42. The van der Waals surface area contributed by atoms with E-state index in [4.69, 9.17) is 4.74 Å². The van der Waals surface area contributed by atoms with Crippen LogP contribution in [0.2, 0.25) is 0 Å². The van der Waals surface area contributed by atoms with Gasteiger partial charge in [-0.2, -0.15) is 0 Å². The van der Waals surface area contributed by atoms with E-state index in [1.807, 2.05) is 38.2 Å². The predicted molar refractivity (Wildman–Crippen MR) is 76.3 cm³/mol. The minimum Gasteiger partial charge on any atom is -0.467 e. The van der Waals surface area contributed by atoms with Crippen LogP contribution in [0.3, 0.4) is 0 Å². The number of likely N-dealkylation sites (tertiary alicyclic amines) is 1. The first-order valence-electron chi connectivity index (χ1n) is 6.61. The van der Waals surface area contributed by atoms with Crippen molar-refractivity contribution >= 4 is 11.7 Å². The zero-order valence-corrected chi connectivity index (χ0v) is 12.1. The van der Waals surface area contributed by atoms with Crippen LogP contribution in [0, 0.1) is 6.92 Å². The Balaban J connectivity index is 2.30. The van der Waals surface area contributed by atoms with Crippen LogP contribution < -0.4 is 5.32 Å². The average molecular weight is 262 g/mol. The number of aryl methyl sites for hydroxylation is 1.